The Labute approximate surface area is 168 Å². The predicted molar refractivity (Wildman–Crippen MR) is 112 cm³/mol. The molecule has 0 radical (unpaired) electrons. The van der Waals surface area contributed by atoms with Crippen LogP contribution in [0.15, 0.2) is 29.5 Å². The Morgan fingerprint density at radius 2 is 2.07 bits per heavy atom. The lowest BCUT2D eigenvalue weighted by atomic mass is 9.80. The molecule has 28 heavy (non-hydrogen) atoms. The summed E-state index contributed by atoms with van der Waals surface area (Å²) in [5.74, 6) is 1.66. The second kappa shape index (κ2) is 11.2. The molecule has 1 saturated carbocycles. The highest BCUT2D eigenvalue weighted by molar-refractivity contribution is 5.79. The average molecular weight is 390 g/mol. The number of morpholine rings is 1. The van der Waals surface area contributed by atoms with E-state index in [4.69, 9.17) is 14.5 Å². The van der Waals surface area contributed by atoms with Crippen molar-refractivity contribution in [3.63, 3.8) is 0 Å². The molecule has 7 heteroatoms. The van der Waals surface area contributed by atoms with Gasteiger partial charge in [0.15, 0.2) is 5.96 Å². The van der Waals surface area contributed by atoms with Gasteiger partial charge in [0, 0.05) is 31.4 Å². The summed E-state index contributed by atoms with van der Waals surface area (Å²) in [4.78, 5) is 11.7. The summed E-state index contributed by atoms with van der Waals surface area (Å²) in [6.45, 7) is 8.80. The molecule has 1 aromatic rings. The number of nitrogens with zero attached hydrogens (tertiary/aromatic N) is 3. The van der Waals surface area contributed by atoms with Crippen LogP contribution >= 0.6 is 0 Å². The van der Waals surface area contributed by atoms with E-state index >= 15 is 0 Å². The first-order valence-corrected chi connectivity index (χ1v) is 10.7. The lowest BCUT2D eigenvalue weighted by Gasteiger charge is -2.47. The van der Waals surface area contributed by atoms with Gasteiger partial charge in [-0.05, 0) is 31.9 Å². The standard InChI is InChI=1S/C21H35N5O2/c1-2-23-20(24-11-14-28-19-7-6-10-22-17-19)25-18-21(8-4-3-5-9-21)26-12-15-27-16-13-26/h6-7,10,17H,2-5,8-9,11-16,18H2,1H3,(H2,23,24,25). The van der Waals surface area contributed by atoms with Crippen LogP contribution in [0.25, 0.3) is 0 Å². The number of aromatic nitrogens is 1. The minimum Gasteiger partial charge on any atom is -0.490 e. The maximum absolute atomic E-state index is 5.71. The lowest BCUT2D eigenvalue weighted by molar-refractivity contribution is -0.0333. The molecule has 1 aromatic heterocycles. The van der Waals surface area contributed by atoms with Crippen molar-refractivity contribution in [3.8, 4) is 5.75 Å². The molecule has 0 bridgehead atoms. The van der Waals surface area contributed by atoms with Gasteiger partial charge in [-0.3, -0.25) is 14.9 Å². The highest BCUT2D eigenvalue weighted by atomic mass is 16.5. The Kier molecular flexibility index (Phi) is 8.36. The molecule has 1 aliphatic heterocycles. The minimum atomic E-state index is 0.191. The van der Waals surface area contributed by atoms with Crippen LogP contribution in [-0.4, -0.2) is 73.9 Å². The van der Waals surface area contributed by atoms with E-state index in [9.17, 15) is 0 Å². The molecule has 1 saturated heterocycles. The highest BCUT2D eigenvalue weighted by Gasteiger charge is 2.38. The van der Waals surface area contributed by atoms with E-state index in [2.05, 4.69) is 27.4 Å². The van der Waals surface area contributed by atoms with Gasteiger partial charge in [0.25, 0.3) is 0 Å². The minimum absolute atomic E-state index is 0.191. The Morgan fingerprint density at radius 1 is 1.25 bits per heavy atom. The van der Waals surface area contributed by atoms with Crippen molar-refractivity contribution in [2.24, 2.45) is 4.99 Å². The Bertz CT molecular complexity index is 584. The number of hydrogen-bond acceptors (Lipinski definition) is 5. The summed E-state index contributed by atoms with van der Waals surface area (Å²) >= 11 is 0. The fraction of sp³-hybridized carbons (Fsp3) is 0.714. The second-order valence-electron chi connectivity index (χ2n) is 7.54. The summed E-state index contributed by atoms with van der Waals surface area (Å²) in [5.41, 5.74) is 0.191. The molecule has 0 spiro atoms. The molecule has 1 aliphatic carbocycles. The second-order valence-corrected chi connectivity index (χ2v) is 7.54. The van der Waals surface area contributed by atoms with Crippen LogP contribution in [0.5, 0.6) is 5.75 Å². The molecule has 7 nitrogen and oxygen atoms in total. The summed E-state index contributed by atoms with van der Waals surface area (Å²) in [5, 5.41) is 6.77. The van der Waals surface area contributed by atoms with Crippen molar-refractivity contribution in [2.75, 3.05) is 52.5 Å². The van der Waals surface area contributed by atoms with Crippen LogP contribution < -0.4 is 15.4 Å². The van der Waals surface area contributed by atoms with E-state index in [0.29, 0.717) is 13.2 Å². The SMILES string of the molecule is CCNC(=NCC1(N2CCOCC2)CCCCC1)NCCOc1cccnc1. The number of pyridine rings is 1. The maximum atomic E-state index is 5.71. The van der Waals surface area contributed by atoms with Gasteiger partial charge in [0.2, 0.25) is 0 Å². The first-order chi connectivity index (χ1) is 13.8. The van der Waals surface area contributed by atoms with E-state index in [-0.39, 0.29) is 5.54 Å². The summed E-state index contributed by atoms with van der Waals surface area (Å²) < 4.78 is 11.3. The zero-order valence-electron chi connectivity index (χ0n) is 17.2. The molecule has 3 rings (SSSR count). The summed E-state index contributed by atoms with van der Waals surface area (Å²) in [6.07, 6.45) is 9.90. The molecular formula is C21H35N5O2. The van der Waals surface area contributed by atoms with Gasteiger partial charge in [0.05, 0.1) is 32.5 Å². The lowest BCUT2D eigenvalue weighted by Crippen LogP contribution is -2.56. The van der Waals surface area contributed by atoms with Crippen molar-refractivity contribution in [3.05, 3.63) is 24.5 Å². The molecule has 0 atom stereocenters. The van der Waals surface area contributed by atoms with Crippen molar-refractivity contribution in [2.45, 2.75) is 44.6 Å². The van der Waals surface area contributed by atoms with Crippen molar-refractivity contribution in [1.82, 2.24) is 20.5 Å². The number of rotatable bonds is 8. The zero-order chi connectivity index (χ0) is 19.5. The van der Waals surface area contributed by atoms with Gasteiger partial charge in [-0.25, -0.2) is 0 Å². The molecule has 0 unspecified atom stereocenters. The van der Waals surface area contributed by atoms with Crippen LogP contribution in [0.2, 0.25) is 0 Å². The van der Waals surface area contributed by atoms with Crippen molar-refractivity contribution in [1.29, 1.82) is 0 Å². The molecule has 2 heterocycles. The van der Waals surface area contributed by atoms with Crippen LogP contribution in [0.3, 0.4) is 0 Å². The fourth-order valence-electron chi connectivity index (χ4n) is 4.16. The Hall–Kier alpha value is -1.86. The molecule has 156 valence electrons. The number of aliphatic imine (C=N–C) groups is 1. The van der Waals surface area contributed by atoms with Gasteiger partial charge in [-0.2, -0.15) is 0 Å². The average Bonchev–Trinajstić information content (AvgIpc) is 2.77. The Morgan fingerprint density at radius 3 is 2.79 bits per heavy atom. The third-order valence-electron chi connectivity index (χ3n) is 5.64. The quantitative estimate of drug-likeness (QED) is 0.403. The zero-order valence-corrected chi connectivity index (χ0v) is 17.2. The van der Waals surface area contributed by atoms with E-state index < -0.39 is 0 Å². The smallest absolute Gasteiger partial charge is 0.191 e. The third kappa shape index (κ3) is 6.07. The first-order valence-electron chi connectivity index (χ1n) is 10.7. The normalized spacial score (nSPS) is 20.5. The van der Waals surface area contributed by atoms with Crippen LogP contribution in [0, 0.1) is 0 Å². The molecular weight excluding hydrogens is 354 g/mol. The fourth-order valence-corrected chi connectivity index (χ4v) is 4.16. The predicted octanol–water partition coefficient (Wildman–Crippen LogP) is 2.05. The highest BCUT2D eigenvalue weighted by Crippen LogP contribution is 2.34. The van der Waals surface area contributed by atoms with Crippen LogP contribution in [-0.2, 0) is 4.74 Å². The summed E-state index contributed by atoms with van der Waals surface area (Å²) in [7, 11) is 0. The maximum Gasteiger partial charge on any atom is 0.191 e. The van der Waals surface area contributed by atoms with Crippen molar-refractivity contribution >= 4 is 5.96 Å². The molecule has 0 aromatic carbocycles. The van der Waals surface area contributed by atoms with Gasteiger partial charge in [0.1, 0.15) is 12.4 Å². The monoisotopic (exact) mass is 389 g/mol. The van der Waals surface area contributed by atoms with E-state index in [1.54, 1.807) is 12.4 Å². The number of ether oxygens (including phenoxy) is 2. The van der Waals surface area contributed by atoms with Crippen molar-refractivity contribution < 1.29 is 9.47 Å². The van der Waals surface area contributed by atoms with Gasteiger partial charge < -0.3 is 20.1 Å². The van der Waals surface area contributed by atoms with Crippen LogP contribution in [0.4, 0.5) is 0 Å². The van der Waals surface area contributed by atoms with Gasteiger partial charge in [-0.1, -0.05) is 19.3 Å². The number of guanidine groups is 1. The largest absolute Gasteiger partial charge is 0.490 e. The molecule has 2 N–H and O–H groups in total. The van der Waals surface area contributed by atoms with E-state index in [1.165, 1.54) is 32.1 Å². The van der Waals surface area contributed by atoms with Gasteiger partial charge >= 0.3 is 0 Å². The number of nitrogens with one attached hydrogen (secondary N) is 2. The van der Waals surface area contributed by atoms with E-state index in [0.717, 1.165) is 51.1 Å². The molecule has 0 amide bonds. The van der Waals surface area contributed by atoms with E-state index in [1.807, 2.05) is 12.1 Å². The molecule has 2 aliphatic rings. The van der Waals surface area contributed by atoms with Crippen LogP contribution in [0.1, 0.15) is 39.0 Å². The summed E-state index contributed by atoms with van der Waals surface area (Å²) in [6, 6.07) is 3.80. The molecule has 2 fully saturated rings. The first kappa shape index (κ1) is 20.9. The topological polar surface area (TPSA) is 71.0 Å². The third-order valence-corrected chi connectivity index (χ3v) is 5.64. The number of hydrogen-bond donors (Lipinski definition) is 2. The Balaban J connectivity index is 1.54. The van der Waals surface area contributed by atoms with Gasteiger partial charge in [-0.15, -0.1) is 0 Å².